The lowest BCUT2D eigenvalue weighted by molar-refractivity contribution is 0.332. The minimum Gasteiger partial charge on any atom is -0.317 e. The second-order valence-corrected chi connectivity index (χ2v) is 7.72. The Labute approximate surface area is 118 Å². The van der Waals surface area contributed by atoms with Crippen LogP contribution >= 0.6 is 0 Å². The Morgan fingerprint density at radius 1 is 1.05 bits per heavy atom. The molecule has 1 fully saturated rings. The molecule has 0 aromatic carbocycles. The monoisotopic (exact) mass is 290 g/mol. The van der Waals surface area contributed by atoms with Crippen LogP contribution in [0.3, 0.4) is 0 Å². The predicted molar refractivity (Wildman–Crippen MR) is 80.7 cm³/mol. The van der Waals surface area contributed by atoms with Crippen LogP contribution in [0.25, 0.3) is 0 Å². The average Bonchev–Trinajstić information content (AvgIpc) is 2.36. The van der Waals surface area contributed by atoms with Gasteiger partial charge in [0.2, 0.25) is 10.0 Å². The quantitative estimate of drug-likeness (QED) is 0.640. The van der Waals surface area contributed by atoms with E-state index >= 15 is 0 Å². The Morgan fingerprint density at radius 2 is 1.74 bits per heavy atom. The lowest BCUT2D eigenvalue weighted by Crippen LogP contribution is -2.38. The van der Waals surface area contributed by atoms with Gasteiger partial charge in [0.05, 0.1) is 5.75 Å². The summed E-state index contributed by atoms with van der Waals surface area (Å²) in [5.74, 6) is 1.03. The zero-order valence-corrected chi connectivity index (χ0v) is 13.3. The molecule has 0 heterocycles. The van der Waals surface area contributed by atoms with Gasteiger partial charge in [-0.1, -0.05) is 13.8 Å². The van der Waals surface area contributed by atoms with Crippen molar-refractivity contribution in [2.45, 2.75) is 64.8 Å². The van der Waals surface area contributed by atoms with Gasteiger partial charge < -0.3 is 5.32 Å². The number of hydrogen-bond donors (Lipinski definition) is 2. The Balaban J connectivity index is 2.13. The van der Waals surface area contributed by atoms with Crippen molar-refractivity contribution in [3.05, 3.63) is 0 Å². The van der Waals surface area contributed by atoms with E-state index in [-0.39, 0.29) is 11.8 Å². The first-order valence-corrected chi connectivity index (χ1v) is 9.39. The zero-order chi connectivity index (χ0) is 14.1. The summed E-state index contributed by atoms with van der Waals surface area (Å²) < 4.78 is 26.7. The molecule has 1 aliphatic carbocycles. The lowest BCUT2D eigenvalue weighted by Gasteiger charge is -2.26. The van der Waals surface area contributed by atoms with Crippen LogP contribution < -0.4 is 10.0 Å². The number of nitrogens with one attached hydrogen (secondary N) is 2. The van der Waals surface area contributed by atoms with E-state index in [1.165, 1.54) is 0 Å². The molecule has 1 rings (SSSR count). The molecule has 0 spiro atoms. The molecule has 0 aromatic rings. The predicted octanol–water partition coefficient (Wildman–Crippen LogP) is 2.26. The smallest absolute Gasteiger partial charge is 0.211 e. The lowest BCUT2D eigenvalue weighted by atomic mass is 9.88. The summed E-state index contributed by atoms with van der Waals surface area (Å²) in [4.78, 5) is 0. The summed E-state index contributed by atoms with van der Waals surface area (Å²) in [6.45, 7) is 6.32. The Hall–Kier alpha value is -0.130. The number of unbranched alkanes of at least 4 members (excludes halogenated alkanes) is 1. The fourth-order valence-corrected chi connectivity index (χ4v) is 3.98. The van der Waals surface area contributed by atoms with Gasteiger partial charge in [0, 0.05) is 6.04 Å². The molecular formula is C14H30N2O2S. The van der Waals surface area contributed by atoms with E-state index in [0.29, 0.717) is 0 Å². The highest BCUT2D eigenvalue weighted by Gasteiger charge is 2.22. The highest BCUT2D eigenvalue weighted by atomic mass is 32.2. The van der Waals surface area contributed by atoms with Gasteiger partial charge in [-0.05, 0) is 64.0 Å². The molecule has 19 heavy (non-hydrogen) atoms. The number of sulfonamides is 1. The molecule has 0 aromatic heterocycles. The van der Waals surface area contributed by atoms with Crippen LogP contribution in [-0.2, 0) is 10.0 Å². The van der Waals surface area contributed by atoms with Gasteiger partial charge in [0.15, 0.2) is 0 Å². The first kappa shape index (κ1) is 16.9. The van der Waals surface area contributed by atoms with Gasteiger partial charge in [0.25, 0.3) is 0 Å². The van der Waals surface area contributed by atoms with Crippen molar-refractivity contribution >= 4 is 10.0 Å². The summed E-state index contributed by atoms with van der Waals surface area (Å²) in [6, 6.07) is 0.180. The Morgan fingerprint density at radius 3 is 2.37 bits per heavy atom. The Kier molecular flexibility index (Phi) is 7.95. The molecular weight excluding hydrogens is 260 g/mol. The molecule has 0 aliphatic heterocycles. The van der Waals surface area contributed by atoms with E-state index in [2.05, 4.69) is 23.9 Å². The van der Waals surface area contributed by atoms with Crippen molar-refractivity contribution in [3.8, 4) is 0 Å². The third-order valence-corrected chi connectivity index (χ3v) is 5.32. The topological polar surface area (TPSA) is 58.2 Å². The van der Waals surface area contributed by atoms with Gasteiger partial charge in [-0.2, -0.15) is 0 Å². The van der Waals surface area contributed by atoms with Gasteiger partial charge in [-0.25, -0.2) is 13.1 Å². The summed E-state index contributed by atoms with van der Waals surface area (Å²) in [7, 11) is -3.07. The highest BCUT2D eigenvalue weighted by molar-refractivity contribution is 7.89. The van der Waals surface area contributed by atoms with E-state index in [4.69, 9.17) is 0 Å². The largest absolute Gasteiger partial charge is 0.317 e. The van der Waals surface area contributed by atoms with Crippen LogP contribution in [0.5, 0.6) is 0 Å². The molecule has 0 unspecified atom stereocenters. The van der Waals surface area contributed by atoms with Gasteiger partial charge in [0.1, 0.15) is 0 Å². The van der Waals surface area contributed by atoms with E-state index in [9.17, 15) is 8.42 Å². The molecule has 1 saturated carbocycles. The zero-order valence-electron chi connectivity index (χ0n) is 12.5. The van der Waals surface area contributed by atoms with Gasteiger partial charge in [-0.3, -0.25) is 0 Å². The van der Waals surface area contributed by atoms with Crippen molar-refractivity contribution in [1.29, 1.82) is 0 Å². The van der Waals surface area contributed by atoms with Crippen LogP contribution in [0, 0.1) is 5.92 Å². The van der Waals surface area contributed by atoms with E-state index in [0.717, 1.165) is 64.0 Å². The molecule has 0 radical (unpaired) electrons. The molecule has 2 N–H and O–H groups in total. The maximum atomic E-state index is 11.9. The molecule has 0 atom stereocenters. The fourth-order valence-electron chi connectivity index (χ4n) is 2.53. The summed E-state index contributed by atoms with van der Waals surface area (Å²) in [5.41, 5.74) is 0. The van der Waals surface area contributed by atoms with E-state index < -0.39 is 10.0 Å². The normalized spacial score (nSPS) is 24.5. The third-order valence-electron chi connectivity index (χ3n) is 3.81. The number of rotatable bonds is 9. The van der Waals surface area contributed by atoms with Crippen LogP contribution in [0.15, 0.2) is 0 Å². The summed E-state index contributed by atoms with van der Waals surface area (Å²) in [5, 5.41) is 3.29. The first-order chi connectivity index (χ1) is 9.03. The van der Waals surface area contributed by atoms with Crippen LogP contribution in [0.2, 0.25) is 0 Å². The Bertz CT molecular complexity index is 322. The van der Waals surface area contributed by atoms with E-state index in [1.54, 1.807) is 0 Å². The first-order valence-electron chi connectivity index (χ1n) is 7.74. The maximum Gasteiger partial charge on any atom is 0.211 e. The van der Waals surface area contributed by atoms with Crippen molar-refractivity contribution in [2.75, 3.05) is 18.8 Å². The minimum atomic E-state index is -3.07. The van der Waals surface area contributed by atoms with Gasteiger partial charge in [-0.15, -0.1) is 0 Å². The van der Waals surface area contributed by atoms with E-state index in [1.807, 2.05) is 0 Å². The molecule has 1 aliphatic rings. The maximum absolute atomic E-state index is 11.9. The molecule has 0 saturated heterocycles. The molecule has 0 bridgehead atoms. The SMILES string of the molecule is CCCNCCCCS(=O)(=O)NC1CCC(C)CC1. The minimum absolute atomic E-state index is 0.180. The molecule has 5 heteroatoms. The standard InChI is InChI=1S/C14H30N2O2S/c1-3-10-15-11-4-5-12-19(17,18)16-14-8-6-13(2)7-9-14/h13-16H,3-12H2,1-2H3. The van der Waals surface area contributed by atoms with Gasteiger partial charge >= 0.3 is 0 Å². The number of hydrogen-bond acceptors (Lipinski definition) is 3. The second kappa shape index (κ2) is 8.93. The van der Waals surface area contributed by atoms with Crippen molar-refractivity contribution in [1.82, 2.24) is 10.0 Å². The fraction of sp³-hybridized carbons (Fsp3) is 1.00. The average molecular weight is 290 g/mol. The highest BCUT2D eigenvalue weighted by Crippen LogP contribution is 2.23. The van der Waals surface area contributed by atoms with Crippen LogP contribution in [0.1, 0.15) is 58.8 Å². The van der Waals surface area contributed by atoms with Crippen molar-refractivity contribution in [3.63, 3.8) is 0 Å². The van der Waals surface area contributed by atoms with Crippen LogP contribution in [-0.4, -0.2) is 33.3 Å². The summed E-state index contributed by atoms with van der Waals surface area (Å²) in [6.07, 6.45) is 7.09. The second-order valence-electron chi connectivity index (χ2n) is 5.85. The molecule has 4 nitrogen and oxygen atoms in total. The third kappa shape index (κ3) is 7.90. The van der Waals surface area contributed by atoms with Crippen LogP contribution in [0.4, 0.5) is 0 Å². The van der Waals surface area contributed by atoms with Crippen molar-refractivity contribution in [2.24, 2.45) is 5.92 Å². The van der Waals surface area contributed by atoms with Crippen molar-refractivity contribution < 1.29 is 8.42 Å². The molecule has 0 amide bonds. The molecule has 114 valence electrons. The summed E-state index contributed by atoms with van der Waals surface area (Å²) >= 11 is 0.